The Kier molecular flexibility index (Phi) is 8.72. The second-order valence-electron chi connectivity index (χ2n) is 8.17. The standard InChI is InChI=1S/C21H33N3O5/c1-21(2,3)29-20(26)23-17-9-11-24(15-17)12-14-27-13-10-18(28-19(22)25)16-7-5-4-6-8-16/h4-8,17-18H,9-15H2,1-3H3,(H2,22,25)(H,23,26). The van der Waals surface area contributed by atoms with Crippen LogP contribution in [0.5, 0.6) is 0 Å². The van der Waals surface area contributed by atoms with Crippen molar-refractivity contribution < 1.29 is 23.8 Å². The molecule has 2 rings (SSSR count). The fraction of sp³-hybridized carbons (Fsp3) is 0.619. The number of hydrogen-bond acceptors (Lipinski definition) is 6. The smallest absolute Gasteiger partial charge is 0.407 e. The number of amides is 2. The van der Waals surface area contributed by atoms with E-state index < -0.39 is 17.8 Å². The lowest BCUT2D eigenvalue weighted by Crippen LogP contribution is -2.40. The van der Waals surface area contributed by atoms with E-state index in [4.69, 9.17) is 19.9 Å². The largest absolute Gasteiger partial charge is 0.444 e. The van der Waals surface area contributed by atoms with Crippen molar-refractivity contribution >= 4 is 12.2 Å². The van der Waals surface area contributed by atoms with Crippen LogP contribution in [0.3, 0.4) is 0 Å². The highest BCUT2D eigenvalue weighted by molar-refractivity contribution is 5.68. The number of carbonyl (C=O) groups is 2. The van der Waals surface area contributed by atoms with Crippen molar-refractivity contribution in [3.8, 4) is 0 Å². The summed E-state index contributed by atoms with van der Waals surface area (Å²) >= 11 is 0. The maximum atomic E-state index is 11.9. The van der Waals surface area contributed by atoms with Crippen LogP contribution in [0.15, 0.2) is 30.3 Å². The third kappa shape index (κ3) is 9.15. The summed E-state index contributed by atoms with van der Waals surface area (Å²) in [6.07, 6.45) is -0.151. The second kappa shape index (κ2) is 11.0. The van der Waals surface area contributed by atoms with Gasteiger partial charge in [-0.15, -0.1) is 0 Å². The lowest BCUT2D eigenvalue weighted by Gasteiger charge is -2.22. The molecule has 2 amide bonds. The summed E-state index contributed by atoms with van der Waals surface area (Å²) in [6.45, 7) is 9.03. The van der Waals surface area contributed by atoms with E-state index in [1.807, 2.05) is 51.1 Å². The highest BCUT2D eigenvalue weighted by Crippen LogP contribution is 2.21. The molecule has 162 valence electrons. The summed E-state index contributed by atoms with van der Waals surface area (Å²) in [5.74, 6) is 0. The summed E-state index contributed by atoms with van der Waals surface area (Å²) in [5.41, 5.74) is 5.58. The van der Waals surface area contributed by atoms with E-state index in [1.165, 1.54) is 0 Å². The second-order valence-corrected chi connectivity index (χ2v) is 8.17. The molecule has 1 aliphatic rings. The van der Waals surface area contributed by atoms with Crippen molar-refractivity contribution in [1.29, 1.82) is 0 Å². The highest BCUT2D eigenvalue weighted by atomic mass is 16.6. The normalized spacial score (nSPS) is 18.2. The molecule has 1 saturated heterocycles. The van der Waals surface area contributed by atoms with E-state index >= 15 is 0 Å². The summed E-state index contributed by atoms with van der Waals surface area (Å²) in [5, 5.41) is 2.91. The van der Waals surface area contributed by atoms with E-state index in [1.54, 1.807) is 0 Å². The molecule has 0 spiro atoms. The van der Waals surface area contributed by atoms with Crippen molar-refractivity contribution in [1.82, 2.24) is 10.2 Å². The zero-order valence-electron chi connectivity index (χ0n) is 17.6. The first-order chi connectivity index (χ1) is 13.7. The van der Waals surface area contributed by atoms with Crippen molar-refractivity contribution in [3.05, 3.63) is 35.9 Å². The third-order valence-corrected chi connectivity index (χ3v) is 4.50. The van der Waals surface area contributed by atoms with Gasteiger partial charge in [0.1, 0.15) is 11.7 Å². The predicted octanol–water partition coefficient (Wildman–Crippen LogP) is 2.83. The number of likely N-dealkylation sites (tertiary alicyclic amines) is 1. The van der Waals surface area contributed by atoms with E-state index in [-0.39, 0.29) is 12.1 Å². The molecule has 1 fully saturated rings. The molecule has 8 heteroatoms. The minimum absolute atomic E-state index is 0.0938. The number of alkyl carbamates (subject to hydrolysis) is 1. The number of nitrogens with one attached hydrogen (secondary N) is 1. The SMILES string of the molecule is CC(C)(C)OC(=O)NC1CCN(CCOCCC(OC(N)=O)c2ccccc2)C1. The molecule has 2 unspecified atom stereocenters. The number of rotatable bonds is 9. The Morgan fingerprint density at radius 2 is 1.97 bits per heavy atom. The lowest BCUT2D eigenvalue weighted by atomic mass is 10.1. The average Bonchev–Trinajstić information content (AvgIpc) is 3.06. The Labute approximate surface area is 172 Å². The Morgan fingerprint density at radius 1 is 1.24 bits per heavy atom. The molecule has 0 aliphatic carbocycles. The van der Waals surface area contributed by atoms with Crippen LogP contribution in [0.25, 0.3) is 0 Å². The maximum absolute atomic E-state index is 11.9. The van der Waals surface area contributed by atoms with Gasteiger partial charge in [0.15, 0.2) is 0 Å². The minimum Gasteiger partial charge on any atom is -0.444 e. The van der Waals surface area contributed by atoms with Crippen molar-refractivity contribution in [3.63, 3.8) is 0 Å². The topological polar surface area (TPSA) is 103 Å². The number of primary amides is 1. The summed E-state index contributed by atoms with van der Waals surface area (Å²) in [6, 6.07) is 9.58. The third-order valence-electron chi connectivity index (χ3n) is 4.50. The molecule has 0 bridgehead atoms. The molecule has 29 heavy (non-hydrogen) atoms. The quantitative estimate of drug-likeness (QED) is 0.610. The fourth-order valence-electron chi connectivity index (χ4n) is 3.22. The van der Waals surface area contributed by atoms with Gasteiger partial charge in [0, 0.05) is 32.1 Å². The monoisotopic (exact) mass is 407 g/mol. The number of benzene rings is 1. The van der Waals surface area contributed by atoms with Gasteiger partial charge in [-0.3, -0.25) is 4.90 Å². The molecule has 1 aromatic carbocycles. The zero-order valence-corrected chi connectivity index (χ0v) is 17.6. The molecular formula is C21H33N3O5. The van der Waals surface area contributed by atoms with Crippen LogP contribution in [0, 0.1) is 0 Å². The van der Waals surface area contributed by atoms with Gasteiger partial charge in [-0.2, -0.15) is 0 Å². The van der Waals surface area contributed by atoms with Crippen LogP contribution in [0.4, 0.5) is 9.59 Å². The van der Waals surface area contributed by atoms with Gasteiger partial charge < -0.3 is 25.3 Å². The van der Waals surface area contributed by atoms with E-state index in [9.17, 15) is 9.59 Å². The van der Waals surface area contributed by atoms with E-state index in [2.05, 4.69) is 10.2 Å². The van der Waals surface area contributed by atoms with Crippen LogP contribution < -0.4 is 11.1 Å². The number of carbonyl (C=O) groups excluding carboxylic acids is 2. The first kappa shape index (κ1) is 23.0. The fourth-order valence-corrected chi connectivity index (χ4v) is 3.22. The van der Waals surface area contributed by atoms with Crippen LogP contribution >= 0.6 is 0 Å². The molecular weight excluding hydrogens is 374 g/mol. The summed E-state index contributed by atoms with van der Waals surface area (Å²) < 4.78 is 16.2. The Balaban J connectivity index is 1.63. The van der Waals surface area contributed by atoms with Gasteiger partial charge in [0.2, 0.25) is 0 Å². The average molecular weight is 408 g/mol. The van der Waals surface area contributed by atoms with Crippen LogP contribution in [-0.4, -0.2) is 61.6 Å². The van der Waals surface area contributed by atoms with Gasteiger partial charge in [-0.25, -0.2) is 9.59 Å². The molecule has 1 aromatic rings. The Morgan fingerprint density at radius 3 is 2.62 bits per heavy atom. The maximum Gasteiger partial charge on any atom is 0.407 e. The van der Waals surface area contributed by atoms with Crippen molar-refractivity contribution in [2.24, 2.45) is 5.73 Å². The van der Waals surface area contributed by atoms with Crippen LogP contribution in [0.1, 0.15) is 45.3 Å². The summed E-state index contributed by atoms with van der Waals surface area (Å²) in [7, 11) is 0. The van der Waals surface area contributed by atoms with Crippen molar-refractivity contribution in [2.75, 3.05) is 32.8 Å². The first-order valence-corrected chi connectivity index (χ1v) is 10.0. The van der Waals surface area contributed by atoms with E-state index in [0.29, 0.717) is 19.6 Å². The number of ether oxygens (including phenoxy) is 3. The minimum atomic E-state index is -0.792. The van der Waals surface area contributed by atoms with Crippen molar-refractivity contribution in [2.45, 2.75) is 51.4 Å². The van der Waals surface area contributed by atoms with E-state index in [0.717, 1.165) is 31.6 Å². The van der Waals surface area contributed by atoms with Gasteiger partial charge >= 0.3 is 12.2 Å². The Bertz CT molecular complexity index is 647. The first-order valence-electron chi connectivity index (χ1n) is 10.0. The van der Waals surface area contributed by atoms with Crippen LogP contribution in [-0.2, 0) is 14.2 Å². The number of nitrogens with two attached hydrogens (primary N) is 1. The highest BCUT2D eigenvalue weighted by Gasteiger charge is 2.25. The molecule has 2 atom stereocenters. The molecule has 0 radical (unpaired) electrons. The van der Waals surface area contributed by atoms with Gasteiger partial charge in [0.25, 0.3) is 0 Å². The molecule has 0 aromatic heterocycles. The number of hydrogen-bond donors (Lipinski definition) is 2. The molecule has 1 aliphatic heterocycles. The zero-order chi connectivity index (χ0) is 21.3. The van der Waals surface area contributed by atoms with Crippen LogP contribution in [0.2, 0.25) is 0 Å². The van der Waals surface area contributed by atoms with Gasteiger partial charge in [-0.1, -0.05) is 30.3 Å². The molecule has 0 saturated carbocycles. The van der Waals surface area contributed by atoms with Gasteiger partial charge in [0.05, 0.1) is 13.2 Å². The number of nitrogens with zero attached hydrogens (tertiary/aromatic N) is 1. The summed E-state index contributed by atoms with van der Waals surface area (Å²) in [4.78, 5) is 25.2. The Hall–Kier alpha value is -2.32. The molecule has 1 heterocycles. The predicted molar refractivity (Wildman–Crippen MR) is 110 cm³/mol. The van der Waals surface area contributed by atoms with Gasteiger partial charge in [-0.05, 0) is 32.8 Å². The molecule has 8 nitrogen and oxygen atoms in total. The lowest BCUT2D eigenvalue weighted by molar-refractivity contribution is 0.0502. The molecule has 3 N–H and O–H groups in total.